The average Bonchev–Trinajstić information content (AvgIpc) is 2.41. The summed E-state index contributed by atoms with van der Waals surface area (Å²) in [4.78, 5) is 30.3. The minimum absolute atomic E-state index is 0.251. The van der Waals surface area contributed by atoms with Crippen LogP contribution in [-0.4, -0.2) is 34.9 Å². The van der Waals surface area contributed by atoms with E-state index in [0.717, 1.165) is 13.0 Å². The normalized spacial score (nSPS) is 9.95. The van der Waals surface area contributed by atoms with Crippen LogP contribution in [0, 0.1) is 0 Å². The van der Waals surface area contributed by atoms with E-state index in [1.165, 1.54) is 12.4 Å². The van der Waals surface area contributed by atoms with E-state index in [4.69, 9.17) is 5.73 Å². The molecule has 0 spiro atoms. The minimum atomic E-state index is -0.375. The molecule has 0 bridgehead atoms. The molecule has 1 rings (SSSR count). The third-order valence-corrected chi connectivity index (χ3v) is 2.33. The Balaban J connectivity index is 2.37. The summed E-state index contributed by atoms with van der Waals surface area (Å²) >= 11 is 0. The van der Waals surface area contributed by atoms with E-state index >= 15 is 0 Å². The number of carbonyl (C=O) groups excluding carboxylic acids is 2. The molecular formula is C12H19N5O2. The van der Waals surface area contributed by atoms with Gasteiger partial charge < -0.3 is 16.4 Å². The molecule has 1 aromatic rings. The smallest absolute Gasteiger partial charge is 0.271 e. The predicted octanol–water partition coefficient (Wildman–Crippen LogP) is 0.294. The molecule has 0 saturated carbocycles. The Kier molecular flexibility index (Phi) is 6.28. The summed E-state index contributed by atoms with van der Waals surface area (Å²) in [5.74, 6) is -0.0356. The molecule has 1 heterocycles. The number of anilines is 1. The van der Waals surface area contributed by atoms with Gasteiger partial charge >= 0.3 is 0 Å². The monoisotopic (exact) mass is 265 g/mol. The summed E-state index contributed by atoms with van der Waals surface area (Å²) in [6, 6.07) is 0. The summed E-state index contributed by atoms with van der Waals surface area (Å²) in [5.41, 5.74) is 5.25. The topological polar surface area (TPSA) is 110 Å². The summed E-state index contributed by atoms with van der Waals surface area (Å²) in [5, 5.41) is 5.72. The van der Waals surface area contributed by atoms with Crippen LogP contribution in [0.1, 0.15) is 36.7 Å². The lowest BCUT2D eigenvalue weighted by Gasteiger charge is -2.05. The number of primary amides is 1. The third-order valence-electron chi connectivity index (χ3n) is 2.33. The van der Waals surface area contributed by atoms with Crippen LogP contribution in [0.5, 0.6) is 0 Å². The van der Waals surface area contributed by atoms with Crippen molar-refractivity contribution in [1.29, 1.82) is 0 Å². The summed E-state index contributed by atoms with van der Waals surface area (Å²) in [6.07, 6.45) is 4.70. The lowest BCUT2D eigenvalue weighted by molar-refractivity contribution is -0.118. The Morgan fingerprint density at radius 1 is 1.26 bits per heavy atom. The molecule has 0 aliphatic rings. The second kappa shape index (κ2) is 8.02. The van der Waals surface area contributed by atoms with Crippen molar-refractivity contribution >= 4 is 17.6 Å². The van der Waals surface area contributed by atoms with Crippen molar-refractivity contribution in [3.63, 3.8) is 0 Å². The van der Waals surface area contributed by atoms with E-state index in [0.29, 0.717) is 18.8 Å². The fourth-order valence-corrected chi connectivity index (χ4v) is 1.34. The van der Waals surface area contributed by atoms with Crippen molar-refractivity contribution in [1.82, 2.24) is 15.3 Å². The highest BCUT2D eigenvalue weighted by atomic mass is 16.2. The van der Waals surface area contributed by atoms with Gasteiger partial charge in [0, 0.05) is 19.5 Å². The molecule has 0 unspecified atom stereocenters. The Morgan fingerprint density at radius 2 is 2.05 bits per heavy atom. The van der Waals surface area contributed by atoms with Gasteiger partial charge in [0.05, 0.1) is 12.4 Å². The number of amides is 2. The van der Waals surface area contributed by atoms with Gasteiger partial charge in [0.15, 0.2) is 0 Å². The molecule has 0 aliphatic heterocycles. The van der Waals surface area contributed by atoms with Gasteiger partial charge in [0.25, 0.3) is 5.91 Å². The van der Waals surface area contributed by atoms with Crippen molar-refractivity contribution in [2.75, 3.05) is 18.4 Å². The maximum atomic E-state index is 11.7. The quantitative estimate of drug-likeness (QED) is 0.585. The molecule has 1 aromatic heterocycles. The molecule has 0 saturated heterocycles. The fourth-order valence-electron chi connectivity index (χ4n) is 1.34. The molecule has 7 nitrogen and oxygen atoms in total. The van der Waals surface area contributed by atoms with E-state index < -0.39 is 0 Å². The van der Waals surface area contributed by atoms with E-state index in [9.17, 15) is 9.59 Å². The second-order valence-electron chi connectivity index (χ2n) is 4.04. The van der Waals surface area contributed by atoms with Crippen molar-refractivity contribution in [3.8, 4) is 0 Å². The highest BCUT2D eigenvalue weighted by Crippen LogP contribution is 2.01. The fraction of sp³-hybridized carbons (Fsp3) is 0.500. The van der Waals surface area contributed by atoms with Crippen LogP contribution in [0.15, 0.2) is 12.4 Å². The van der Waals surface area contributed by atoms with Gasteiger partial charge in [-0.05, 0) is 12.8 Å². The number of aromatic nitrogens is 2. The zero-order valence-corrected chi connectivity index (χ0v) is 11.0. The predicted molar refractivity (Wildman–Crippen MR) is 71.6 cm³/mol. The van der Waals surface area contributed by atoms with Gasteiger partial charge in [-0.3, -0.25) is 9.59 Å². The maximum Gasteiger partial charge on any atom is 0.271 e. The number of nitrogens with zero attached hydrogens (tertiary/aromatic N) is 2. The van der Waals surface area contributed by atoms with E-state index in [1.54, 1.807) is 0 Å². The van der Waals surface area contributed by atoms with Gasteiger partial charge in [-0.25, -0.2) is 9.97 Å². The first-order chi connectivity index (χ1) is 9.13. The summed E-state index contributed by atoms with van der Waals surface area (Å²) < 4.78 is 0. The van der Waals surface area contributed by atoms with Gasteiger partial charge in [-0.15, -0.1) is 0 Å². The van der Waals surface area contributed by atoms with Crippen LogP contribution in [0.2, 0.25) is 0 Å². The van der Waals surface area contributed by atoms with Crippen LogP contribution < -0.4 is 16.4 Å². The molecular weight excluding hydrogens is 246 g/mol. The molecule has 0 fully saturated rings. The van der Waals surface area contributed by atoms with E-state index in [2.05, 4.69) is 20.6 Å². The first-order valence-electron chi connectivity index (χ1n) is 6.26. The van der Waals surface area contributed by atoms with Crippen LogP contribution in [0.4, 0.5) is 5.82 Å². The number of nitrogens with two attached hydrogens (primary N) is 1. The number of nitrogens with one attached hydrogen (secondary N) is 2. The van der Waals surface area contributed by atoms with Crippen LogP contribution in [-0.2, 0) is 4.79 Å². The molecule has 0 atom stereocenters. The molecule has 0 aliphatic carbocycles. The summed E-state index contributed by atoms with van der Waals surface area (Å²) in [6.45, 7) is 3.25. The zero-order chi connectivity index (χ0) is 14.1. The minimum Gasteiger partial charge on any atom is -0.370 e. The van der Waals surface area contributed by atoms with Gasteiger partial charge in [0.1, 0.15) is 11.5 Å². The standard InChI is InChI=1S/C12H19N5O2/c1-2-5-14-11-8-16-9(7-17-11)12(19)15-6-3-4-10(13)18/h7-8H,2-6H2,1H3,(H2,13,18)(H,14,17)(H,15,19). The maximum absolute atomic E-state index is 11.7. The molecule has 0 aromatic carbocycles. The second-order valence-corrected chi connectivity index (χ2v) is 4.04. The van der Waals surface area contributed by atoms with Gasteiger partial charge in [-0.1, -0.05) is 6.92 Å². The van der Waals surface area contributed by atoms with Crippen LogP contribution in [0.25, 0.3) is 0 Å². The van der Waals surface area contributed by atoms with Crippen molar-refractivity contribution in [2.45, 2.75) is 26.2 Å². The zero-order valence-electron chi connectivity index (χ0n) is 11.0. The molecule has 19 heavy (non-hydrogen) atoms. The molecule has 7 heteroatoms. The number of hydrogen-bond donors (Lipinski definition) is 3. The lowest BCUT2D eigenvalue weighted by atomic mass is 10.3. The van der Waals surface area contributed by atoms with Crippen molar-refractivity contribution in [2.24, 2.45) is 5.73 Å². The number of hydrogen-bond acceptors (Lipinski definition) is 5. The highest BCUT2D eigenvalue weighted by molar-refractivity contribution is 5.92. The molecule has 4 N–H and O–H groups in total. The Labute approximate surface area is 112 Å². The number of carbonyl (C=O) groups is 2. The average molecular weight is 265 g/mol. The van der Waals surface area contributed by atoms with E-state index in [1.807, 2.05) is 6.92 Å². The first-order valence-corrected chi connectivity index (χ1v) is 6.26. The van der Waals surface area contributed by atoms with Crippen LogP contribution >= 0.6 is 0 Å². The van der Waals surface area contributed by atoms with Gasteiger partial charge in [-0.2, -0.15) is 0 Å². The first kappa shape index (κ1) is 14.9. The molecule has 104 valence electrons. The third kappa shape index (κ3) is 5.80. The Bertz CT molecular complexity index is 419. The molecule has 2 amide bonds. The van der Waals surface area contributed by atoms with Gasteiger partial charge in [0.2, 0.25) is 5.91 Å². The van der Waals surface area contributed by atoms with Crippen LogP contribution in [0.3, 0.4) is 0 Å². The van der Waals surface area contributed by atoms with Crippen molar-refractivity contribution < 1.29 is 9.59 Å². The SMILES string of the molecule is CCCNc1cnc(C(=O)NCCCC(N)=O)cn1. The Morgan fingerprint density at radius 3 is 2.63 bits per heavy atom. The largest absolute Gasteiger partial charge is 0.370 e. The van der Waals surface area contributed by atoms with E-state index in [-0.39, 0.29) is 23.9 Å². The Hall–Kier alpha value is -2.18. The highest BCUT2D eigenvalue weighted by Gasteiger charge is 2.07. The molecule has 0 radical (unpaired) electrons. The number of rotatable bonds is 8. The summed E-state index contributed by atoms with van der Waals surface area (Å²) in [7, 11) is 0. The van der Waals surface area contributed by atoms with Crippen molar-refractivity contribution in [3.05, 3.63) is 18.1 Å². The lowest BCUT2D eigenvalue weighted by Crippen LogP contribution is -2.26.